The van der Waals surface area contributed by atoms with Gasteiger partial charge >= 0.3 is 0 Å². The second-order valence-electron chi connectivity index (χ2n) is 8.53. The molecule has 1 unspecified atom stereocenters. The van der Waals surface area contributed by atoms with Crippen molar-refractivity contribution in [2.75, 3.05) is 13.7 Å². The minimum absolute atomic E-state index is 0.0256. The molecule has 1 amide bonds. The van der Waals surface area contributed by atoms with Gasteiger partial charge in [-0.1, -0.05) is 30.7 Å². The van der Waals surface area contributed by atoms with Crippen molar-refractivity contribution < 1.29 is 17.9 Å². The number of nitrogens with one attached hydrogen (secondary N) is 1. The number of nitrogens with zero attached hydrogens (tertiary/aromatic N) is 3. The summed E-state index contributed by atoms with van der Waals surface area (Å²) >= 11 is 0. The van der Waals surface area contributed by atoms with E-state index in [4.69, 9.17) is 4.74 Å². The molecule has 1 aliphatic rings. The Morgan fingerprint density at radius 2 is 1.97 bits per heavy atom. The molecule has 0 spiro atoms. The summed E-state index contributed by atoms with van der Waals surface area (Å²) in [7, 11) is -2.35. The Morgan fingerprint density at radius 3 is 2.71 bits per heavy atom. The van der Waals surface area contributed by atoms with Gasteiger partial charge in [-0.2, -0.15) is 9.40 Å². The van der Waals surface area contributed by atoms with E-state index < -0.39 is 10.0 Å². The fourth-order valence-corrected chi connectivity index (χ4v) is 6.16. The molecule has 1 fully saturated rings. The van der Waals surface area contributed by atoms with Crippen LogP contribution in [0.25, 0.3) is 0 Å². The van der Waals surface area contributed by atoms with Crippen LogP contribution in [0.5, 0.6) is 5.75 Å². The number of aromatic nitrogens is 2. The lowest BCUT2D eigenvalue weighted by Crippen LogP contribution is -2.42. The number of carbonyl (C=O) groups excluding carboxylic acids is 1. The Balaban J connectivity index is 1.50. The fourth-order valence-electron chi connectivity index (χ4n) is 4.28. The van der Waals surface area contributed by atoms with Gasteiger partial charge in [0, 0.05) is 37.1 Å². The standard InChI is InChI=1S/C25H30N4O4S/c1-19-7-3-4-14-29(19)34(31,32)24-16-22(10-11-23(24)33-2)25(30)26-17-20-8-5-9-21(15-20)18-28-13-6-12-27-28/h5-6,8-13,15-16,19H,3-4,7,14,17-18H2,1-2H3,(H,26,30). The number of rotatable bonds is 8. The second-order valence-corrected chi connectivity index (χ2v) is 10.4. The lowest BCUT2D eigenvalue weighted by atomic mass is 10.1. The highest BCUT2D eigenvalue weighted by Gasteiger charge is 2.33. The average molecular weight is 483 g/mol. The van der Waals surface area contributed by atoms with E-state index in [1.54, 1.807) is 18.3 Å². The van der Waals surface area contributed by atoms with Crippen molar-refractivity contribution in [1.82, 2.24) is 19.4 Å². The molecule has 0 aliphatic carbocycles. The summed E-state index contributed by atoms with van der Waals surface area (Å²) in [6, 6.07) is 14.2. The zero-order valence-corrected chi connectivity index (χ0v) is 20.3. The van der Waals surface area contributed by atoms with E-state index in [1.807, 2.05) is 48.1 Å². The number of sulfonamides is 1. The van der Waals surface area contributed by atoms with E-state index in [2.05, 4.69) is 10.4 Å². The van der Waals surface area contributed by atoms with Crippen LogP contribution in [0.3, 0.4) is 0 Å². The van der Waals surface area contributed by atoms with E-state index in [-0.39, 0.29) is 28.2 Å². The summed E-state index contributed by atoms with van der Waals surface area (Å²) in [5, 5.41) is 7.11. The van der Waals surface area contributed by atoms with Gasteiger partial charge in [-0.25, -0.2) is 8.42 Å². The maximum absolute atomic E-state index is 13.4. The number of carbonyl (C=O) groups is 1. The smallest absolute Gasteiger partial charge is 0.251 e. The van der Waals surface area contributed by atoms with Gasteiger partial charge in [-0.05, 0) is 55.2 Å². The normalized spacial score (nSPS) is 16.8. The third-order valence-electron chi connectivity index (χ3n) is 6.10. The highest BCUT2D eigenvalue weighted by atomic mass is 32.2. The predicted octanol–water partition coefficient (Wildman–Crippen LogP) is 3.43. The molecule has 9 heteroatoms. The predicted molar refractivity (Wildman–Crippen MR) is 129 cm³/mol. The van der Waals surface area contributed by atoms with E-state index >= 15 is 0 Å². The molecule has 1 N–H and O–H groups in total. The van der Waals surface area contributed by atoms with Gasteiger partial charge in [0.15, 0.2) is 0 Å². The maximum atomic E-state index is 13.4. The molecular weight excluding hydrogens is 452 g/mol. The van der Waals surface area contributed by atoms with Crippen molar-refractivity contribution in [3.05, 3.63) is 77.6 Å². The van der Waals surface area contributed by atoms with E-state index in [1.165, 1.54) is 17.5 Å². The minimum Gasteiger partial charge on any atom is -0.495 e. The zero-order chi connectivity index (χ0) is 24.1. The summed E-state index contributed by atoms with van der Waals surface area (Å²) in [6.45, 7) is 3.35. The van der Waals surface area contributed by atoms with E-state index in [0.717, 1.165) is 30.4 Å². The van der Waals surface area contributed by atoms with Crippen LogP contribution < -0.4 is 10.1 Å². The van der Waals surface area contributed by atoms with Crippen molar-refractivity contribution in [2.45, 2.75) is 50.2 Å². The molecule has 180 valence electrons. The van der Waals surface area contributed by atoms with Crippen molar-refractivity contribution in [2.24, 2.45) is 0 Å². The van der Waals surface area contributed by atoms with Gasteiger partial charge in [0.05, 0.1) is 13.7 Å². The summed E-state index contributed by atoms with van der Waals surface area (Å²) in [4.78, 5) is 12.9. The van der Waals surface area contributed by atoms with Crippen molar-refractivity contribution in [3.63, 3.8) is 0 Å². The first-order valence-corrected chi connectivity index (χ1v) is 12.9. The van der Waals surface area contributed by atoms with Gasteiger partial charge < -0.3 is 10.1 Å². The van der Waals surface area contributed by atoms with Crippen LogP contribution in [-0.2, 0) is 23.1 Å². The topological polar surface area (TPSA) is 93.5 Å². The second kappa shape index (κ2) is 10.4. The lowest BCUT2D eigenvalue weighted by Gasteiger charge is -2.32. The first-order chi connectivity index (χ1) is 16.4. The number of hydrogen-bond donors (Lipinski definition) is 1. The fraction of sp³-hybridized carbons (Fsp3) is 0.360. The average Bonchev–Trinajstić information content (AvgIpc) is 3.35. The molecule has 4 rings (SSSR count). The van der Waals surface area contributed by atoms with Gasteiger partial charge in [0.25, 0.3) is 5.91 Å². The lowest BCUT2D eigenvalue weighted by molar-refractivity contribution is 0.0950. The first-order valence-electron chi connectivity index (χ1n) is 11.4. The van der Waals surface area contributed by atoms with Crippen LogP contribution in [0.15, 0.2) is 65.8 Å². The number of amides is 1. The van der Waals surface area contributed by atoms with Crippen LogP contribution in [-0.4, -0.2) is 48.1 Å². The van der Waals surface area contributed by atoms with Crippen LogP contribution >= 0.6 is 0 Å². The van der Waals surface area contributed by atoms with Gasteiger partial charge in [0.2, 0.25) is 10.0 Å². The summed E-state index contributed by atoms with van der Waals surface area (Å²) in [5.41, 5.74) is 2.29. The zero-order valence-electron chi connectivity index (χ0n) is 19.5. The number of piperidine rings is 1. The van der Waals surface area contributed by atoms with Gasteiger partial charge in [-0.3, -0.25) is 9.48 Å². The molecule has 1 saturated heterocycles. The monoisotopic (exact) mass is 482 g/mol. The Kier molecular flexibility index (Phi) is 7.33. The molecule has 3 aromatic rings. The third kappa shape index (κ3) is 5.31. The molecule has 0 bridgehead atoms. The first kappa shape index (κ1) is 24.0. The highest BCUT2D eigenvalue weighted by Crippen LogP contribution is 2.31. The maximum Gasteiger partial charge on any atom is 0.251 e. The molecule has 34 heavy (non-hydrogen) atoms. The Hall–Kier alpha value is -3.17. The Bertz CT molecular complexity index is 1240. The SMILES string of the molecule is COc1ccc(C(=O)NCc2cccc(Cn3cccn3)c2)cc1S(=O)(=O)N1CCCCC1C. The molecular formula is C25H30N4O4S. The third-order valence-corrected chi connectivity index (χ3v) is 8.14. The summed E-state index contributed by atoms with van der Waals surface area (Å²) in [5.74, 6) is -0.107. The highest BCUT2D eigenvalue weighted by molar-refractivity contribution is 7.89. The number of methoxy groups -OCH3 is 1. The summed E-state index contributed by atoms with van der Waals surface area (Å²) < 4.78 is 35.5. The molecule has 1 aliphatic heterocycles. The molecule has 2 aromatic carbocycles. The van der Waals surface area contributed by atoms with Crippen molar-refractivity contribution >= 4 is 15.9 Å². The number of hydrogen-bond acceptors (Lipinski definition) is 5. The summed E-state index contributed by atoms with van der Waals surface area (Å²) in [6.07, 6.45) is 6.29. The van der Waals surface area contributed by atoms with Gasteiger partial charge in [-0.15, -0.1) is 0 Å². The quantitative estimate of drug-likeness (QED) is 0.531. The Morgan fingerprint density at radius 1 is 1.15 bits per heavy atom. The minimum atomic E-state index is -3.79. The van der Waals surface area contributed by atoms with E-state index in [0.29, 0.717) is 19.6 Å². The molecule has 2 heterocycles. The van der Waals surface area contributed by atoms with E-state index in [9.17, 15) is 13.2 Å². The van der Waals surface area contributed by atoms with Crippen LogP contribution in [0.4, 0.5) is 0 Å². The van der Waals surface area contributed by atoms with Gasteiger partial charge in [0.1, 0.15) is 10.6 Å². The van der Waals surface area contributed by atoms with Crippen molar-refractivity contribution in [3.8, 4) is 5.75 Å². The molecule has 8 nitrogen and oxygen atoms in total. The number of benzene rings is 2. The molecule has 1 aromatic heterocycles. The van der Waals surface area contributed by atoms with Crippen molar-refractivity contribution in [1.29, 1.82) is 0 Å². The Labute approximate surface area is 200 Å². The molecule has 0 radical (unpaired) electrons. The van der Waals surface area contributed by atoms with Crippen LogP contribution in [0.1, 0.15) is 47.7 Å². The number of ether oxygens (including phenoxy) is 1. The van der Waals surface area contributed by atoms with Crippen LogP contribution in [0.2, 0.25) is 0 Å². The largest absolute Gasteiger partial charge is 0.495 e. The van der Waals surface area contributed by atoms with Crippen LogP contribution in [0, 0.1) is 0 Å². The molecule has 0 saturated carbocycles. The molecule has 1 atom stereocenters.